The van der Waals surface area contributed by atoms with Crippen molar-refractivity contribution in [2.45, 2.75) is 32.2 Å². The van der Waals surface area contributed by atoms with Gasteiger partial charge in [-0.2, -0.15) is 8.78 Å². The highest BCUT2D eigenvalue weighted by Gasteiger charge is 2.41. The van der Waals surface area contributed by atoms with Crippen LogP contribution in [0.2, 0.25) is 0 Å². The first-order chi connectivity index (χ1) is 8.87. The molecule has 0 spiro atoms. The first kappa shape index (κ1) is 18.8. The Labute approximate surface area is 124 Å². The van der Waals surface area contributed by atoms with E-state index < -0.39 is 17.9 Å². The molecule has 1 atom stereocenters. The van der Waals surface area contributed by atoms with Crippen LogP contribution in [0.5, 0.6) is 0 Å². The van der Waals surface area contributed by atoms with Gasteiger partial charge in [-0.15, -0.1) is 12.4 Å². The predicted molar refractivity (Wildman–Crippen MR) is 78.0 cm³/mol. The highest BCUT2D eigenvalue weighted by molar-refractivity contribution is 5.85. The lowest BCUT2D eigenvalue weighted by molar-refractivity contribution is -0.147. The van der Waals surface area contributed by atoms with Gasteiger partial charge in [-0.05, 0) is 12.3 Å². The zero-order valence-corrected chi connectivity index (χ0v) is 12.4. The molecule has 1 aromatic rings. The number of hydrogen-bond donors (Lipinski definition) is 2. The molecule has 0 heterocycles. The maximum atomic E-state index is 13.9. The van der Waals surface area contributed by atoms with Gasteiger partial charge in [0.2, 0.25) is 0 Å². The van der Waals surface area contributed by atoms with Crippen LogP contribution >= 0.6 is 12.4 Å². The fourth-order valence-corrected chi connectivity index (χ4v) is 1.84. The van der Waals surface area contributed by atoms with Crippen molar-refractivity contribution in [2.24, 2.45) is 11.7 Å². The fourth-order valence-electron chi connectivity index (χ4n) is 1.84. The lowest BCUT2D eigenvalue weighted by Crippen LogP contribution is -2.47. The van der Waals surface area contributed by atoms with Crippen molar-refractivity contribution in [1.29, 1.82) is 0 Å². The molecule has 20 heavy (non-hydrogen) atoms. The number of nitrogens with one attached hydrogen (secondary N) is 1. The number of amides is 1. The summed E-state index contributed by atoms with van der Waals surface area (Å²) in [5, 5.41) is 2.32. The van der Waals surface area contributed by atoms with E-state index in [0.717, 1.165) is 0 Å². The maximum Gasteiger partial charge on any atom is 0.349 e. The van der Waals surface area contributed by atoms with Crippen LogP contribution in [0.4, 0.5) is 8.78 Å². The summed E-state index contributed by atoms with van der Waals surface area (Å²) in [7, 11) is 0. The third-order valence-electron chi connectivity index (χ3n) is 2.80. The largest absolute Gasteiger partial charge is 0.349 e. The van der Waals surface area contributed by atoms with Crippen molar-refractivity contribution in [3.63, 3.8) is 0 Å². The third kappa shape index (κ3) is 5.06. The Morgan fingerprint density at radius 1 is 1.30 bits per heavy atom. The number of carbonyl (C=O) groups excluding carboxylic acids is 1. The second-order valence-electron chi connectivity index (χ2n) is 4.98. The van der Waals surface area contributed by atoms with E-state index in [0.29, 0.717) is 6.42 Å². The van der Waals surface area contributed by atoms with Crippen LogP contribution in [0.15, 0.2) is 30.3 Å². The molecule has 0 saturated heterocycles. The summed E-state index contributed by atoms with van der Waals surface area (Å²) in [5.74, 6) is -4.56. The van der Waals surface area contributed by atoms with Crippen molar-refractivity contribution < 1.29 is 13.6 Å². The van der Waals surface area contributed by atoms with Crippen molar-refractivity contribution >= 4 is 18.3 Å². The number of halogens is 3. The zero-order valence-electron chi connectivity index (χ0n) is 11.6. The molecule has 0 radical (unpaired) electrons. The molecule has 0 fully saturated rings. The molecular weight excluding hydrogens is 286 g/mol. The lowest BCUT2D eigenvalue weighted by atomic mass is 10.0. The van der Waals surface area contributed by atoms with Crippen LogP contribution in [0.1, 0.15) is 25.8 Å². The lowest BCUT2D eigenvalue weighted by Gasteiger charge is -2.22. The van der Waals surface area contributed by atoms with E-state index in [1.54, 1.807) is 6.07 Å². The van der Waals surface area contributed by atoms with E-state index in [-0.39, 0.29) is 30.4 Å². The summed E-state index contributed by atoms with van der Waals surface area (Å²) in [6, 6.07) is 6.62. The van der Waals surface area contributed by atoms with E-state index in [9.17, 15) is 13.6 Å². The Morgan fingerprint density at radius 3 is 2.30 bits per heavy atom. The standard InChI is InChI=1S/C14H20F2N2O.ClH/c1-10(2)8-12(9-17)18-13(19)14(15,16)11-6-4-3-5-7-11;/h3-7,10,12H,8-9,17H2,1-2H3,(H,18,19);1H. The van der Waals surface area contributed by atoms with E-state index in [4.69, 9.17) is 5.73 Å². The van der Waals surface area contributed by atoms with Crippen molar-refractivity contribution in [2.75, 3.05) is 6.54 Å². The molecule has 0 bridgehead atoms. The van der Waals surface area contributed by atoms with Gasteiger partial charge >= 0.3 is 5.92 Å². The van der Waals surface area contributed by atoms with Crippen molar-refractivity contribution in [3.05, 3.63) is 35.9 Å². The molecular formula is C14H21ClF2N2O. The third-order valence-corrected chi connectivity index (χ3v) is 2.80. The minimum absolute atomic E-state index is 0. The van der Waals surface area contributed by atoms with Gasteiger partial charge in [-0.3, -0.25) is 4.79 Å². The Morgan fingerprint density at radius 2 is 1.85 bits per heavy atom. The molecule has 1 unspecified atom stereocenters. The molecule has 0 saturated carbocycles. The van der Waals surface area contributed by atoms with E-state index in [2.05, 4.69) is 5.32 Å². The van der Waals surface area contributed by atoms with Gasteiger partial charge in [-0.25, -0.2) is 0 Å². The van der Waals surface area contributed by atoms with Gasteiger partial charge in [0.1, 0.15) is 0 Å². The summed E-state index contributed by atoms with van der Waals surface area (Å²) in [5.41, 5.74) is 5.18. The minimum Gasteiger partial charge on any atom is -0.347 e. The molecule has 1 amide bonds. The first-order valence-electron chi connectivity index (χ1n) is 6.32. The zero-order chi connectivity index (χ0) is 14.5. The molecule has 3 N–H and O–H groups in total. The molecule has 1 aromatic carbocycles. The average molecular weight is 307 g/mol. The van der Waals surface area contributed by atoms with Gasteiger partial charge < -0.3 is 11.1 Å². The highest BCUT2D eigenvalue weighted by Crippen LogP contribution is 2.28. The first-order valence-corrected chi connectivity index (χ1v) is 6.32. The van der Waals surface area contributed by atoms with Crippen LogP contribution in [0.3, 0.4) is 0 Å². The Kier molecular flexibility index (Phi) is 7.68. The second kappa shape index (κ2) is 8.17. The van der Waals surface area contributed by atoms with Gasteiger partial charge in [0.25, 0.3) is 5.91 Å². The second-order valence-corrected chi connectivity index (χ2v) is 4.98. The number of hydrogen-bond acceptors (Lipinski definition) is 2. The number of carbonyl (C=O) groups is 1. The molecule has 0 aliphatic carbocycles. The number of benzene rings is 1. The van der Waals surface area contributed by atoms with E-state index in [1.807, 2.05) is 13.8 Å². The van der Waals surface area contributed by atoms with Gasteiger partial charge in [0.15, 0.2) is 0 Å². The summed E-state index contributed by atoms with van der Waals surface area (Å²) in [6.07, 6.45) is 0.576. The van der Waals surface area contributed by atoms with Gasteiger partial charge in [-0.1, -0.05) is 44.2 Å². The molecule has 6 heteroatoms. The van der Waals surface area contributed by atoms with Crippen molar-refractivity contribution in [3.8, 4) is 0 Å². The molecule has 114 valence electrons. The molecule has 0 aliphatic rings. The van der Waals surface area contributed by atoms with Crippen LogP contribution in [-0.2, 0) is 10.7 Å². The Hall–Kier alpha value is -1.20. The summed E-state index contributed by atoms with van der Waals surface area (Å²) in [4.78, 5) is 11.7. The monoisotopic (exact) mass is 306 g/mol. The van der Waals surface area contributed by atoms with Crippen LogP contribution in [0, 0.1) is 5.92 Å². The van der Waals surface area contributed by atoms with Crippen LogP contribution in [0.25, 0.3) is 0 Å². The van der Waals surface area contributed by atoms with Crippen LogP contribution in [-0.4, -0.2) is 18.5 Å². The summed E-state index contributed by atoms with van der Waals surface area (Å²) < 4.78 is 27.9. The average Bonchev–Trinajstić information content (AvgIpc) is 2.38. The maximum absolute atomic E-state index is 13.9. The number of alkyl halides is 2. The molecule has 0 aliphatic heterocycles. The fraction of sp³-hybridized carbons (Fsp3) is 0.500. The number of nitrogens with two attached hydrogens (primary N) is 1. The quantitative estimate of drug-likeness (QED) is 0.849. The highest BCUT2D eigenvalue weighted by atomic mass is 35.5. The summed E-state index contributed by atoms with van der Waals surface area (Å²) in [6.45, 7) is 4.04. The van der Waals surface area contributed by atoms with E-state index in [1.165, 1.54) is 24.3 Å². The minimum atomic E-state index is -3.54. The van der Waals surface area contributed by atoms with Crippen LogP contribution < -0.4 is 11.1 Å². The van der Waals surface area contributed by atoms with Gasteiger partial charge in [0, 0.05) is 18.2 Å². The normalized spacial score (nSPS) is 12.7. The summed E-state index contributed by atoms with van der Waals surface area (Å²) >= 11 is 0. The smallest absolute Gasteiger partial charge is 0.347 e. The topological polar surface area (TPSA) is 55.1 Å². The SMILES string of the molecule is CC(C)CC(CN)NC(=O)C(F)(F)c1ccccc1.Cl. The predicted octanol–water partition coefficient (Wildman–Crippen LogP) is 2.69. The van der Waals surface area contributed by atoms with Gasteiger partial charge in [0.05, 0.1) is 0 Å². The number of rotatable bonds is 6. The molecule has 1 rings (SSSR count). The van der Waals surface area contributed by atoms with E-state index >= 15 is 0 Å². The Bertz CT molecular complexity index is 413. The molecule has 0 aromatic heterocycles. The van der Waals surface area contributed by atoms with Crippen molar-refractivity contribution in [1.82, 2.24) is 5.32 Å². The molecule has 3 nitrogen and oxygen atoms in total. The Balaban J connectivity index is 0.00000361.